The first-order valence-corrected chi connectivity index (χ1v) is 14.5. The van der Waals surface area contributed by atoms with Gasteiger partial charge in [0.15, 0.2) is 0 Å². The molecule has 4 rings (SSSR count). The average molecular weight is 566 g/mol. The van der Waals surface area contributed by atoms with Crippen LogP contribution in [0.15, 0.2) is 47.4 Å². The highest BCUT2D eigenvalue weighted by Crippen LogP contribution is 2.39. The molecule has 2 saturated heterocycles. The first-order chi connectivity index (χ1) is 18.2. The Balaban J connectivity index is 1.61. The van der Waals surface area contributed by atoms with E-state index in [1.807, 2.05) is 11.9 Å². The third kappa shape index (κ3) is 6.54. The number of benzene rings is 2. The first-order valence-electron chi connectivity index (χ1n) is 12.7. The molecule has 0 radical (unpaired) electrons. The Bertz CT molecular complexity index is 1220. The molecule has 2 aromatic carbocycles. The highest BCUT2D eigenvalue weighted by atomic mass is 35.5. The number of likely N-dealkylation sites (N-methyl/N-ethyl adjacent to an activating group) is 1. The van der Waals surface area contributed by atoms with Gasteiger partial charge in [-0.1, -0.05) is 11.6 Å². The number of sulfonamides is 1. The van der Waals surface area contributed by atoms with E-state index in [1.165, 1.54) is 24.6 Å². The number of piperidine rings is 1. The van der Waals surface area contributed by atoms with Gasteiger partial charge in [0.2, 0.25) is 15.9 Å². The quantitative estimate of drug-likeness (QED) is 0.460. The summed E-state index contributed by atoms with van der Waals surface area (Å²) in [4.78, 5) is 17.6. The minimum absolute atomic E-state index is 0.0241. The monoisotopic (exact) mass is 565 g/mol. The molecule has 0 spiro atoms. The summed E-state index contributed by atoms with van der Waals surface area (Å²) in [5, 5.41) is 0.597. The van der Waals surface area contributed by atoms with Crippen LogP contribution in [0.4, 0.5) is 0 Å². The van der Waals surface area contributed by atoms with Gasteiger partial charge in [0.1, 0.15) is 22.1 Å². The van der Waals surface area contributed by atoms with Crippen molar-refractivity contribution in [3.05, 3.63) is 47.5 Å². The molecule has 0 N–H and O–H groups in total. The number of halogens is 1. The van der Waals surface area contributed by atoms with Gasteiger partial charge in [-0.15, -0.1) is 0 Å². The van der Waals surface area contributed by atoms with Crippen molar-refractivity contribution in [2.75, 3.05) is 67.1 Å². The van der Waals surface area contributed by atoms with Crippen molar-refractivity contribution >= 4 is 27.5 Å². The second-order valence-corrected chi connectivity index (χ2v) is 12.4. The van der Waals surface area contributed by atoms with E-state index >= 15 is 0 Å². The summed E-state index contributed by atoms with van der Waals surface area (Å²) in [5.41, 5.74) is -0.697. The molecule has 0 bridgehead atoms. The molecular weight excluding hydrogens is 530 g/mol. The standard InChI is InChI=1S/C27H36ClN3O6S/c1-29-13-15-30(16-14-29)26(32)18-27(20-37-22-7-5-21(28)6-8-22)11-4-12-31(19-27)38(33,34)25-17-23(35-2)9-10-24(25)36-3/h5-10,17H,4,11-16,18-20H2,1-3H3. The second-order valence-electron chi connectivity index (χ2n) is 10.1. The lowest BCUT2D eigenvalue weighted by Crippen LogP contribution is -2.53. The third-order valence-corrected chi connectivity index (χ3v) is 9.47. The van der Waals surface area contributed by atoms with Crippen LogP contribution in [-0.4, -0.2) is 95.6 Å². The largest absolute Gasteiger partial charge is 0.497 e. The van der Waals surface area contributed by atoms with E-state index in [0.29, 0.717) is 49.0 Å². The maximum atomic E-state index is 13.9. The normalized spacial score (nSPS) is 21.2. The number of carbonyl (C=O) groups excluding carboxylic acids is 1. The fraction of sp³-hybridized carbons (Fsp3) is 0.519. The SMILES string of the molecule is COc1ccc(OC)c(S(=O)(=O)N2CCCC(COc3ccc(Cl)cc3)(CC(=O)N3CCN(C)CC3)C2)c1. The van der Waals surface area contributed by atoms with Crippen LogP contribution in [0.5, 0.6) is 17.2 Å². The smallest absolute Gasteiger partial charge is 0.246 e. The van der Waals surface area contributed by atoms with Crippen LogP contribution in [0.1, 0.15) is 19.3 Å². The molecule has 2 aliphatic heterocycles. The van der Waals surface area contributed by atoms with E-state index in [9.17, 15) is 13.2 Å². The van der Waals surface area contributed by atoms with Crippen molar-refractivity contribution in [3.8, 4) is 17.2 Å². The molecule has 2 fully saturated rings. The molecule has 0 aliphatic carbocycles. The zero-order valence-electron chi connectivity index (χ0n) is 22.2. The fourth-order valence-corrected chi connectivity index (χ4v) is 6.95. The van der Waals surface area contributed by atoms with Crippen molar-refractivity contribution < 1.29 is 27.4 Å². The fourth-order valence-electron chi connectivity index (χ4n) is 5.06. The lowest BCUT2D eigenvalue weighted by molar-refractivity contribution is -0.136. The summed E-state index contributed by atoms with van der Waals surface area (Å²) < 4.78 is 46.1. The molecule has 1 atom stereocenters. The van der Waals surface area contributed by atoms with E-state index in [-0.39, 0.29) is 36.1 Å². The molecule has 2 aliphatic rings. The molecule has 208 valence electrons. The molecule has 1 unspecified atom stereocenters. The number of amides is 1. The summed E-state index contributed by atoms with van der Waals surface area (Å²) in [6.07, 6.45) is 1.47. The summed E-state index contributed by atoms with van der Waals surface area (Å²) in [5.74, 6) is 1.31. The molecule has 1 amide bonds. The maximum Gasteiger partial charge on any atom is 0.246 e. The topological polar surface area (TPSA) is 88.6 Å². The van der Waals surface area contributed by atoms with Crippen LogP contribution in [0, 0.1) is 5.41 Å². The molecular formula is C27H36ClN3O6S. The van der Waals surface area contributed by atoms with Gasteiger partial charge in [-0.25, -0.2) is 8.42 Å². The predicted octanol–water partition coefficient (Wildman–Crippen LogP) is 3.37. The molecule has 0 aromatic heterocycles. The minimum atomic E-state index is -3.94. The van der Waals surface area contributed by atoms with Crippen molar-refractivity contribution in [3.63, 3.8) is 0 Å². The number of hydrogen-bond donors (Lipinski definition) is 0. The van der Waals surface area contributed by atoms with Crippen LogP contribution in [0.25, 0.3) is 0 Å². The number of rotatable bonds is 9. The predicted molar refractivity (Wildman–Crippen MR) is 146 cm³/mol. The van der Waals surface area contributed by atoms with Crippen molar-refractivity contribution in [2.24, 2.45) is 5.41 Å². The highest BCUT2D eigenvalue weighted by molar-refractivity contribution is 7.89. The Morgan fingerprint density at radius 1 is 0.974 bits per heavy atom. The highest BCUT2D eigenvalue weighted by Gasteiger charge is 2.44. The summed E-state index contributed by atoms with van der Waals surface area (Å²) in [7, 11) is 1.03. The molecule has 0 saturated carbocycles. The number of ether oxygens (including phenoxy) is 3. The first kappa shape index (κ1) is 28.5. The molecule has 2 heterocycles. The van der Waals surface area contributed by atoms with Crippen LogP contribution in [0.2, 0.25) is 5.02 Å². The van der Waals surface area contributed by atoms with E-state index in [1.54, 1.807) is 36.4 Å². The van der Waals surface area contributed by atoms with Crippen LogP contribution in [-0.2, 0) is 14.8 Å². The number of carbonyl (C=O) groups is 1. The van der Waals surface area contributed by atoms with E-state index in [0.717, 1.165) is 13.1 Å². The molecule has 9 nitrogen and oxygen atoms in total. The zero-order chi connectivity index (χ0) is 27.3. The Hall–Kier alpha value is -2.53. The van der Waals surface area contributed by atoms with Gasteiger partial charge in [0.05, 0.1) is 20.8 Å². The number of hydrogen-bond acceptors (Lipinski definition) is 7. The molecule has 2 aromatic rings. The summed E-state index contributed by atoms with van der Waals surface area (Å²) in [6, 6.07) is 11.8. The Morgan fingerprint density at radius 2 is 1.66 bits per heavy atom. The Labute approximate surface area is 230 Å². The average Bonchev–Trinajstić information content (AvgIpc) is 2.93. The van der Waals surface area contributed by atoms with Gasteiger partial charge in [-0.2, -0.15) is 4.31 Å². The van der Waals surface area contributed by atoms with E-state index in [2.05, 4.69) is 4.90 Å². The maximum absolute atomic E-state index is 13.9. The Kier molecular flexibility index (Phi) is 9.07. The molecule has 11 heteroatoms. The van der Waals surface area contributed by atoms with E-state index in [4.69, 9.17) is 25.8 Å². The number of nitrogens with zero attached hydrogens (tertiary/aromatic N) is 3. The van der Waals surface area contributed by atoms with Gasteiger partial charge < -0.3 is 24.0 Å². The Morgan fingerprint density at radius 3 is 2.32 bits per heavy atom. The van der Waals surface area contributed by atoms with Crippen LogP contribution in [0.3, 0.4) is 0 Å². The summed E-state index contributed by atoms with van der Waals surface area (Å²) >= 11 is 6.03. The van der Waals surface area contributed by atoms with Crippen molar-refractivity contribution in [1.29, 1.82) is 0 Å². The van der Waals surface area contributed by atoms with Gasteiger partial charge in [-0.05, 0) is 56.3 Å². The minimum Gasteiger partial charge on any atom is -0.497 e. The zero-order valence-corrected chi connectivity index (χ0v) is 23.8. The number of piperazine rings is 1. The van der Waals surface area contributed by atoms with E-state index < -0.39 is 15.4 Å². The van der Waals surface area contributed by atoms with Gasteiger partial charge in [0, 0.05) is 62.2 Å². The van der Waals surface area contributed by atoms with Gasteiger partial charge in [-0.3, -0.25) is 4.79 Å². The lowest BCUT2D eigenvalue weighted by Gasteiger charge is -2.43. The lowest BCUT2D eigenvalue weighted by atomic mass is 9.78. The van der Waals surface area contributed by atoms with Crippen molar-refractivity contribution in [1.82, 2.24) is 14.1 Å². The van der Waals surface area contributed by atoms with Crippen LogP contribution < -0.4 is 14.2 Å². The third-order valence-electron chi connectivity index (χ3n) is 7.36. The molecule has 38 heavy (non-hydrogen) atoms. The van der Waals surface area contributed by atoms with Gasteiger partial charge in [0.25, 0.3) is 0 Å². The second kappa shape index (κ2) is 12.1. The van der Waals surface area contributed by atoms with Crippen LogP contribution >= 0.6 is 11.6 Å². The van der Waals surface area contributed by atoms with Crippen molar-refractivity contribution in [2.45, 2.75) is 24.2 Å². The summed E-state index contributed by atoms with van der Waals surface area (Å²) in [6.45, 7) is 3.65. The number of methoxy groups -OCH3 is 2. The van der Waals surface area contributed by atoms with Gasteiger partial charge >= 0.3 is 0 Å².